The number of nitrogens with zero attached hydrogens (tertiary/aromatic N) is 2. The molecule has 1 aliphatic heterocycles. The zero-order valence-corrected chi connectivity index (χ0v) is 14.3. The molecule has 6 nitrogen and oxygen atoms in total. The molecule has 2 N–H and O–H groups in total. The number of aryl methyl sites for hydroxylation is 1. The van der Waals surface area contributed by atoms with E-state index in [2.05, 4.69) is 5.32 Å². The van der Waals surface area contributed by atoms with E-state index in [9.17, 15) is 28.4 Å². The number of rotatable bonds is 3. The Labute approximate surface area is 149 Å². The van der Waals surface area contributed by atoms with Gasteiger partial charge in [-0.25, -0.2) is 0 Å². The predicted octanol–water partition coefficient (Wildman–Crippen LogP) is 2.96. The molecular formula is C13H18Cl2F3N3O3. The summed E-state index contributed by atoms with van der Waals surface area (Å²) in [6, 6.07) is 0.278. The zero-order chi connectivity index (χ0) is 16.5. The van der Waals surface area contributed by atoms with Crippen molar-refractivity contribution in [2.24, 2.45) is 0 Å². The molecule has 0 bridgehead atoms. The van der Waals surface area contributed by atoms with Crippen molar-refractivity contribution in [2.75, 3.05) is 26.2 Å². The monoisotopic (exact) mass is 391 g/mol. The molecule has 1 aromatic carbocycles. The lowest BCUT2D eigenvalue weighted by atomic mass is 9.99. The highest BCUT2D eigenvalue weighted by atomic mass is 35.5. The summed E-state index contributed by atoms with van der Waals surface area (Å²) in [5, 5.41) is 24.0. The Morgan fingerprint density at radius 1 is 1.29 bits per heavy atom. The van der Waals surface area contributed by atoms with Crippen LogP contribution in [0.5, 0.6) is 5.75 Å². The van der Waals surface area contributed by atoms with Crippen molar-refractivity contribution in [2.45, 2.75) is 19.1 Å². The molecule has 2 rings (SSSR count). The van der Waals surface area contributed by atoms with Crippen LogP contribution in [0.3, 0.4) is 0 Å². The number of alkyl halides is 3. The molecular weight excluding hydrogens is 374 g/mol. The lowest BCUT2D eigenvalue weighted by Crippen LogP contribution is -2.49. The second-order valence-corrected chi connectivity index (χ2v) is 5.16. The molecule has 0 unspecified atom stereocenters. The number of hydrogen-bond donors (Lipinski definition) is 2. The third-order valence-corrected chi connectivity index (χ3v) is 3.69. The number of nitro groups is 1. The van der Waals surface area contributed by atoms with Gasteiger partial charge >= 0.3 is 11.9 Å². The van der Waals surface area contributed by atoms with Gasteiger partial charge in [-0.3, -0.25) is 15.0 Å². The summed E-state index contributed by atoms with van der Waals surface area (Å²) in [6.45, 7) is 2.44. The smallest absolute Gasteiger partial charge is 0.408 e. The Bertz CT molecular complexity index is 582. The Hall–Kier alpha value is -1.29. The van der Waals surface area contributed by atoms with Gasteiger partial charge in [0.1, 0.15) is 6.04 Å². The normalized spacial score (nSPS) is 16.7. The van der Waals surface area contributed by atoms with E-state index in [1.165, 1.54) is 17.9 Å². The maximum atomic E-state index is 13.5. The standard InChI is InChI=1S/C13H16F3N3O3.2ClH/c1-8-2-3-9(11(20)10(8)19(21)22)12(13(14,15)16)18-6-4-17-5-7-18;;/h2-3,12,17,20H,4-7H2,1H3;2*1H/t12-;;/m1../s1. The van der Waals surface area contributed by atoms with E-state index in [1.54, 1.807) is 0 Å². The molecule has 0 spiro atoms. The van der Waals surface area contributed by atoms with Crippen molar-refractivity contribution in [1.29, 1.82) is 0 Å². The van der Waals surface area contributed by atoms with E-state index in [0.29, 0.717) is 13.1 Å². The first-order chi connectivity index (χ1) is 10.2. The molecule has 0 radical (unpaired) electrons. The molecule has 0 saturated carbocycles. The van der Waals surface area contributed by atoms with Crippen LogP contribution in [-0.4, -0.2) is 47.3 Å². The van der Waals surface area contributed by atoms with Crippen LogP contribution in [0.1, 0.15) is 17.2 Å². The minimum absolute atomic E-state index is 0. The van der Waals surface area contributed by atoms with Crippen molar-refractivity contribution >= 4 is 30.5 Å². The van der Waals surface area contributed by atoms with E-state index >= 15 is 0 Å². The predicted molar refractivity (Wildman–Crippen MR) is 87.2 cm³/mol. The fourth-order valence-corrected chi connectivity index (χ4v) is 2.67. The lowest BCUT2D eigenvalue weighted by Gasteiger charge is -2.36. The molecule has 11 heteroatoms. The van der Waals surface area contributed by atoms with Gasteiger partial charge in [-0.05, 0) is 6.92 Å². The van der Waals surface area contributed by atoms with Crippen LogP contribution in [0.25, 0.3) is 0 Å². The molecule has 1 aromatic rings. The SMILES string of the molecule is Cc1ccc([C@@H](N2CCNCC2)C(F)(F)F)c(O)c1[N+](=O)[O-].Cl.Cl. The summed E-state index contributed by atoms with van der Waals surface area (Å²) in [6.07, 6.45) is -4.64. The molecule has 1 fully saturated rings. The van der Waals surface area contributed by atoms with Gasteiger partial charge in [0.05, 0.1) is 4.92 Å². The van der Waals surface area contributed by atoms with Gasteiger partial charge in [-0.1, -0.05) is 12.1 Å². The minimum Gasteiger partial charge on any atom is -0.502 e. The highest BCUT2D eigenvalue weighted by Gasteiger charge is 2.47. The number of aromatic hydroxyl groups is 1. The highest BCUT2D eigenvalue weighted by Crippen LogP contribution is 2.45. The Morgan fingerprint density at radius 2 is 1.83 bits per heavy atom. The quantitative estimate of drug-likeness (QED) is 0.611. The Morgan fingerprint density at radius 3 is 2.29 bits per heavy atom. The van der Waals surface area contributed by atoms with Gasteiger partial charge in [0.2, 0.25) is 0 Å². The molecule has 1 saturated heterocycles. The number of phenols is 1. The van der Waals surface area contributed by atoms with Crippen LogP contribution < -0.4 is 5.32 Å². The number of nitrogens with one attached hydrogen (secondary N) is 1. The van der Waals surface area contributed by atoms with Crippen molar-refractivity contribution < 1.29 is 23.2 Å². The van der Waals surface area contributed by atoms with E-state index in [-0.39, 0.29) is 43.5 Å². The fraction of sp³-hybridized carbons (Fsp3) is 0.538. The van der Waals surface area contributed by atoms with E-state index in [0.717, 1.165) is 6.07 Å². The van der Waals surface area contributed by atoms with Gasteiger partial charge < -0.3 is 10.4 Å². The number of benzene rings is 1. The van der Waals surface area contributed by atoms with Gasteiger partial charge in [0, 0.05) is 37.3 Å². The topological polar surface area (TPSA) is 78.6 Å². The zero-order valence-electron chi connectivity index (χ0n) is 12.7. The van der Waals surface area contributed by atoms with Gasteiger partial charge in [-0.2, -0.15) is 13.2 Å². The van der Waals surface area contributed by atoms with E-state index in [4.69, 9.17) is 0 Å². The summed E-state index contributed by atoms with van der Waals surface area (Å²) in [7, 11) is 0. The van der Waals surface area contributed by atoms with Crippen LogP contribution in [0.2, 0.25) is 0 Å². The number of halogens is 5. The van der Waals surface area contributed by atoms with Crippen LogP contribution in [0.4, 0.5) is 18.9 Å². The molecule has 138 valence electrons. The third kappa shape index (κ3) is 4.62. The molecule has 1 atom stereocenters. The second kappa shape index (κ2) is 8.70. The fourth-order valence-electron chi connectivity index (χ4n) is 2.67. The van der Waals surface area contributed by atoms with Gasteiger partial charge in [-0.15, -0.1) is 24.8 Å². The van der Waals surface area contributed by atoms with Crippen LogP contribution >= 0.6 is 24.8 Å². The largest absolute Gasteiger partial charge is 0.502 e. The van der Waals surface area contributed by atoms with Crippen molar-refractivity contribution in [3.63, 3.8) is 0 Å². The molecule has 0 aliphatic carbocycles. The summed E-state index contributed by atoms with van der Waals surface area (Å²) < 4.78 is 40.4. The average molecular weight is 392 g/mol. The van der Waals surface area contributed by atoms with E-state index in [1.807, 2.05) is 0 Å². The molecule has 0 aromatic heterocycles. The van der Waals surface area contributed by atoms with Gasteiger partial charge in [0.25, 0.3) is 0 Å². The Balaban J connectivity index is 0.00000264. The first kappa shape index (κ1) is 22.7. The Kier molecular flexibility index (Phi) is 8.24. The first-order valence-electron chi connectivity index (χ1n) is 6.72. The highest BCUT2D eigenvalue weighted by molar-refractivity contribution is 5.85. The number of piperazine rings is 1. The number of hydrogen-bond acceptors (Lipinski definition) is 5. The minimum atomic E-state index is -4.64. The maximum absolute atomic E-state index is 13.5. The summed E-state index contributed by atoms with van der Waals surface area (Å²) in [4.78, 5) is 11.3. The van der Waals surface area contributed by atoms with Crippen molar-refractivity contribution in [3.8, 4) is 5.75 Å². The molecule has 0 amide bonds. The summed E-state index contributed by atoms with van der Waals surface area (Å²) >= 11 is 0. The molecule has 24 heavy (non-hydrogen) atoms. The first-order valence-corrected chi connectivity index (χ1v) is 6.72. The van der Waals surface area contributed by atoms with Crippen molar-refractivity contribution in [1.82, 2.24) is 10.2 Å². The summed E-state index contributed by atoms with van der Waals surface area (Å²) in [5.74, 6) is -0.911. The van der Waals surface area contributed by atoms with Crippen LogP contribution in [-0.2, 0) is 0 Å². The maximum Gasteiger partial charge on any atom is 0.408 e. The second-order valence-electron chi connectivity index (χ2n) is 5.16. The molecule has 1 heterocycles. The third-order valence-electron chi connectivity index (χ3n) is 3.69. The van der Waals surface area contributed by atoms with Crippen LogP contribution in [0.15, 0.2) is 12.1 Å². The lowest BCUT2D eigenvalue weighted by molar-refractivity contribution is -0.386. The van der Waals surface area contributed by atoms with Gasteiger partial charge in [0.15, 0.2) is 5.75 Å². The average Bonchev–Trinajstić information content (AvgIpc) is 2.41. The van der Waals surface area contributed by atoms with Crippen molar-refractivity contribution in [3.05, 3.63) is 33.4 Å². The van der Waals surface area contributed by atoms with Crippen LogP contribution in [0, 0.1) is 17.0 Å². The molecule has 1 aliphatic rings. The number of phenolic OH excluding ortho intramolecular Hbond substituents is 1. The number of nitro benzene ring substituents is 1. The van der Waals surface area contributed by atoms with E-state index < -0.39 is 34.1 Å². The summed E-state index contributed by atoms with van der Waals surface area (Å²) in [5.41, 5.74) is -1.04.